The van der Waals surface area contributed by atoms with E-state index in [0.717, 1.165) is 0 Å². The van der Waals surface area contributed by atoms with Gasteiger partial charge in [-0.15, -0.1) is 0 Å². The molecule has 0 fully saturated rings. The van der Waals surface area contributed by atoms with E-state index >= 15 is 0 Å². The summed E-state index contributed by atoms with van der Waals surface area (Å²) in [4.78, 5) is 0. The molecule has 0 atom stereocenters. The molecule has 0 saturated carbocycles. The molecule has 0 unspecified atom stereocenters. The number of hydrogen-bond acceptors (Lipinski definition) is 0. The maximum Gasteiger partial charge on any atom is 0.00107 e. The van der Waals surface area contributed by atoms with E-state index < -0.39 is 0 Å². The van der Waals surface area contributed by atoms with Crippen molar-refractivity contribution in [1.82, 2.24) is 0 Å². The van der Waals surface area contributed by atoms with Gasteiger partial charge >= 0.3 is 0 Å². The van der Waals surface area contributed by atoms with E-state index in [2.05, 4.69) is 51.2 Å². The first-order valence-corrected chi connectivity index (χ1v) is 5.22. The molecule has 1 rings (SSSR count). The van der Waals surface area contributed by atoms with Crippen molar-refractivity contribution in [2.24, 2.45) is 5.41 Å². The van der Waals surface area contributed by atoms with Crippen LogP contribution in [0.15, 0.2) is 36.0 Å². The van der Waals surface area contributed by atoms with Crippen molar-refractivity contribution < 1.29 is 0 Å². The average Bonchev–Trinajstić information content (AvgIpc) is 2.23. The molecule has 72 valence electrons. The molecule has 13 heavy (non-hydrogen) atoms. The minimum Gasteiger partial charge on any atom is -0.0751 e. The molecule has 0 N–H and O–H groups in total. The molecule has 1 aliphatic rings. The summed E-state index contributed by atoms with van der Waals surface area (Å²) in [6, 6.07) is 0. The maximum atomic E-state index is 2.29. The van der Waals surface area contributed by atoms with Crippen molar-refractivity contribution >= 4 is 0 Å². The predicted octanol–water partition coefficient (Wildman–Crippen LogP) is 4.26. The Morgan fingerprint density at radius 1 is 1.23 bits per heavy atom. The number of hydrogen-bond donors (Lipinski definition) is 0. The van der Waals surface area contributed by atoms with Crippen LogP contribution in [0.4, 0.5) is 0 Å². The second-order valence-electron chi connectivity index (χ2n) is 4.36. The fourth-order valence-corrected chi connectivity index (χ4v) is 1.40. The van der Waals surface area contributed by atoms with E-state index in [1.54, 1.807) is 0 Å². The highest BCUT2D eigenvalue weighted by Gasteiger charge is 2.09. The molecule has 0 heterocycles. The van der Waals surface area contributed by atoms with E-state index in [1.807, 2.05) is 0 Å². The molecule has 0 amide bonds. The highest BCUT2D eigenvalue weighted by molar-refractivity contribution is 5.30. The summed E-state index contributed by atoms with van der Waals surface area (Å²) in [5, 5.41) is 0. The van der Waals surface area contributed by atoms with Crippen molar-refractivity contribution in [1.29, 1.82) is 0 Å². The van der Waals surface area contributed by atoms with Crippen molar-refractivity contribution in [2.45, 2.75) is 40.0 Å². The molecule has 0 nitrogen and oxygen atoms in total. The van der Waals surface area contributed by atoms with Crippen LogP contribution in [0.25, 0.3) is 0 Å². The average molecular weight is 176 g/mol. The monoisotopic (exact) mass is 176 g/mol. The Labute approximate surface area is 82.0 Å². The van der Waals surface area contributed by atoms with Gasteiger partial charge in [0.05, 0.1) is 0 Å². The van der Waals surface area contributed by atoms with E-state index in [0.29, 0.717) is 0 Å². The minimum atomic E-state index is 0.227. The first kappa shape index (κ1) is 10.3. The number of unbranched alkanes of at least 4 members (excludes halogenated alkanes) is 1. The Bertz CT molecular complexity index is 239. The lowest BCUT2D eigenvalue weighted by Gasteiger charge is -2.12. The Morgan fingerprint density at radius 3 is 2.69 bits per heavy atom. The molecule has 0 saturated heterocycles. The Hall–Kier alpha value is -0.780. The second-order valence-corrected chi connectivity index (χ2v) is 4.36. The van der Waals surface area contributed by atoms with Crippen LogP contribution in [0.3, 0.4) is 0 Å². The van der Waals surface area contributed by atoms with E-state index in [-0.39, 0.29) is 5.41 Å². The molecule has 0 aromatic carbocycles. The molecule has 0 radical (unpaired) electrons. The summed E-state index contributed by atoms with van der Waals surface area (Å²) in [7, 11) is 0. The molecular weight excluding hydrogens is 156 g/mol. The van der Waals surface area contributed by atoms with Gasteiger partial charge in [-0.05, 0) is 18.4 Å². The third-order valence-corrected chi connectivity index (χ3v) is 2.38. The number of rotatable bonds is 3. The Kier molecular flexibility index (Phi) is 3.53. The quantitative estimate of drug-likeness (QED) is 0.603. The molecule has 0 aromatic rings. The highest BCUT2D eigenvalue weighted by Crippen LogP contribution is 2.24. The van der Waals surface area contributed by atoms with Gasteiger partial charge < -0.3 is 0 Å². The molecule has 1 aliphatic carbocycles. The van der Waals surface area contributed by atoms with Gasteiger partial charge in [0.2, 0.25) is 0 Å². The zero-order valence-electron chi connectivity index (χ0n) is 9.01. The van der Waals surface area contributed by atoms with E-state index in [9.17, 15) is 0 Å². The SMILES string of the molecule is CCCCC1=CC=CC(C)(C)C=C1. The molecule has 0 bridgehead atoms. The fourth-order valence-electron chi connectivity index (χ4n) is 1.40. The van der Waals surface area contributed by atoms with Gasteiger partial charge in [0, 0.05) is 5.41 Å². The molecule has 0 aromatic heterocycles. The third kappa shape index (κ3) is 3.63. The molecule has 0 aliphatic heterocycles. The third-order valence-electron chi connectivity index (χ3n) is 2.38. The van der Waals surface area contributed by atoms with Gasteiger partial charge in [0.25, 0.3) is 0 Å². The smallest absolute Gasteiger partial charge is 0.00107 e. The zero-order valence-corrected chi connectivity index (χ0v) is 9.01. The van der Waals surface area contributed by atoms with Gasteiger partial charge in [-0.1, -0.05) is 57.6 Å². The van der Waals surface area contributed by atoms with Crippen LogP contribution in [-0.4, -0.2) is 0 Å². The van der Waals surface area contributed by atoms with Crippen LogP contribution in [0.1, 0.15) is 40.0 Å². The Morgan fingerprint density at radius 2 is 2.00 bits per heavy atom. The van der Waals surface area contributed by atoms with Gasteiger partial charge in [-0.25, -0.2) is 0 Å². The van der Waals surface area contributed by atoms with Crippen LogP contribution in [0, 0.1) is 5.41 Å². The van der Waals surface area contributed by atoms with Gasteiger partial charge in [-0.3, -0.25) is 0 Å². The first-order valence-electron chi connectivity index (χ1n) is 5.22. The predicted molar refractivity (Wildman–Crippen MR) is 59.7 cm³/mol. The van der Waals surface area contributed by atoms with Crippen molar-refractivity contribution in [3.63, 3.8) is 0 Å². The van der Waals surface area contributed by atoms with Gasteiger partial charge in [-0.2, -0.15) is 0 Å². The van der Waals surface area contributed by atoms with Crippen LogP contribution < -0.4 is 0 Å². The molecular formula is C13H20. The van der Waals surface area contributed by atoms with Crippen molar-refractivity contribution in [3.05, 3.63) is 36.0 Å². The largest absolute Gasteiger partial charge is 0.0751 e. The highest BCUT2D eigenvalue weighted by atomic mass is 14.1. The zero-order chi connectivity index (χ0) is 9.73. The summed E-state index contributed by atoms with van der Waals surface area (Å²) in [5.41, 5.74) is 1.69. The van der Waals surface area contributed by atoms with Crippen LogP contribution in [-0.2, 0) is 0 Å². The summed E-state index contributed by atoms with van der Waals surface area (Å²) in [6.07, 6.45) is 15.0. The Balaban J connectivity index is 2.60. The summed E-state index contributed by atoms with van der Waals surface area (Å²) in [5.74, 6) is 0. The maximum absolute atomic E-state index is 2.29. The summed E-state index contributed by atoms with van der Waals surface area (Å²) in [6.45, 7) is 6.70. The van der Waals surface area contributed by atoms with Crippen LogP contribution >= 0.6 is 0 Å². The summed E-state index contributed by atoms with van der Waals surface area (Å²) >= 11 is 0. The standard InChI is InChI=1S/C13H20/c1-4-5-7-12-8-6-10-13(2,3)11-9-12/h6,8-11H,4-5,7H2,1-3H3. The van der Waals surface area contributed by atoms with E-state index in [4.69, 9.17) is 0 Å². The van der Waals surface area contributed by atoms with Gasteiger partial charge in [0.1, 0.15) is 0 Å². The van der Waals surface area contributed by atoms with Gasteiger partial charge in [0.15, 0.2) is 0 Å². The molecule has 0 heteroatoms. The first-order chi connectivity index (χ1) is 6.14. The normalized spacial score (nSPS) is 19.8. The van der Waals surface area contributed by atoms with Crippen LogP contribution in [0.5, 0.6) is 0 Å². The fraction of sp³-hybridized carbons (Fsp3) is 0.538. The second kappa shape index (κ2) is 4.45. The lowest BCUT2D eigenvalue weighted by Crippen LogP contribution is -2.00. The topological polar surface area (TPSA) is 0 Å². The van der Waals surface area contributed by atoms with Crippen LogP contribution in [0.2, 0.25) is 0 Å². The van der Waals surface area contributed by atoms with E-state index in [1.165, 1.54) is 24.8 Å². The minimum absolute atomic E-state index is 0.227. The lowest BCUT2D eigenvalue weighted by atomic mass is 9.93. The molecule has 0 spiro atoms. The lowest BCUT2D eigenvalue weighted by molar-refractivity contribution is 0.626. The van der Waals surface area contributed by atoms with Crippen molar-refractivity contribution in [2.75, 3.05) is 0 Å². The van der Waals surface area contributed by atoms with Crippen molar-refractivity contribution in [3.8, 4) is 0 Å². The number of allylic oxidation sites excluding steroid dienone is 6. The summed E-state index contributed by atoms with van der Waals surface area (Å²) < 4.78 is 0.